The number of hydrogen-bond acceptors (Lipinski definition) is 2. The van der Waals surface area contributed by atoms with E-state index in [0.717, 1.165) is 0 Å². The molecule has 0 aromatic carbocycles. The summed E-state index contributed by atoms with van der Waals surface area (Å²) in [6.45, 7) is 8.38. The summed E-state index contributed by atoms with van der Waals surface area (Å²) >= 11 is -0.0970. The Bertz CT molecular complexity index is 207. The standard InChI is InChI=1S/C11H24IN2O/c1-8(2)13(6)10(12-5)11(15)14(7)9(3)4/h8-10H,1-7H3/q-1. The molecule has 15 heavy (non-hydrogen) atoms. The quantitative estimate of drug-likeness (QED) is 0.339. The molecule has 0 saturated heterocycles. The third-order valence-electron chi connectivity index (χ3n) is 2.70. The summed E-state index contributed by atoms with van der Waals surface area (Å²) in [4.78, 5) is 18.4. The zero-order valence-corrected chi connectivity index (χ0v) is 13.1. The van der Waals surface area contributed by atoms with E-state index in [9.17, 15) is 4.79 Å². The summed E-state index contributed by atoms with van der Waals surface area (Å²) in [6, 6.07) is 0.718. The first-order valence-corrected chi connectivity index (χ1v) is 8.69. The van der Waals surface area contributed by atoms with E-state index in [-0.39, 0.29) is 37.2 Å². The van der Waals surface area contributed by atoms with Gasteiger partial charge in [-0.05, 0) is 0 Å². The van der Waals surface area contributed by atoms with Crippen molar-refractivity contribution in [2.75, 3.05) is 19.0 Å². The number of carbonyl (C=O) groups is 1. The van der Waals surface area contributed by atoms with Crippen LogP contribution >= 0.6 is 0 Å². The Balaban J connectivity index is 4.61. The minimum absolute atomic E-state index is 0.0970. The average Bonchev–Trinajstić information content (AvgIpc) is 2.16. The van der Waals surface area contributed by atoms with Crippen LogP contribution in [0.4, 0.5) is 0 Å². The van der Waals surface area contributed by atoms with Crippen molar-refractivity contribution in [3.8, 4) is 0 Å². The van der Waals surface area contributed by atoms with E-state index in [1.807, 2.05) is 19.0 Å². The van der Waals surface area contributed by atoms with Crippen LogP contribution in [0.3, 0.4) is 0 Å². The molecule has 0 bridgehead atoms. The Morgan fingerprint density at radius 3 is 1.80 bits per heavy atom. The fourth-order valence-corrected chi connectivity index (χ4v) is 3.60. The molecule has 4 heteroatoms. The Morgan fingerprint density at radius 2 is 1.53 bits per heavy atom. The van der Waals surface area contributed by atoms with Crippen LogP contribution in [-0.2, 0) is 4.79 Å². The molecule has 0 fully saturated rings. The van der Waals surface area contributed by atoms with E-state index in [1.54, 1.807) is 0 Å². The molecule has 1 amide bonds. The van der Waals surface area contributed by atoms with Crippen molar-refractivity contribution in [1.29, 1.82) is 0 Å². The fraction of sp³-hybridized carbons (Fsp3) is 0.909. The van der Waals surface area contributed by atoms with Gasteiger partial charge in [0.2, 0.25) is 0 Å². The second-order valence-electron chi connectivity index (χ2n) is 4.36. The number of halogens is 1. The fourth-order valence-electron chi connectivity index (χ4n) is 1.11. The van der Waals surface area contributed by atoms with Gasteiger partial charge in [-0.2, -0.15) is 0 Å². The van der Waals surface area contributed by atoms with Crippen LogP contribution in [0, 0.1) is 0 Å². The van der Waals surface area contributed by atoms with E-state index in [1.165, 1.54) is 0 Å². The molecule has 0 spiro atoms. The molecule has 0 N–H and O–H groups in total. The van der Waals surface area contributed by atoms with E-state index in [2.05, 4.69) is 37.5 Å². The number of carbonyl (C=O) groups excluding carboxylic acids is 1. The van der Waals surface area contributed by atoms with Crippen molar-refractivity contribution in [3.05, 3.63) is 0 Å². The summed E-state index contributed by atoms with van der Waals surface area (Å²) in [5.41, 5.74) is 0. The van der Waals surface area contributed by atoms with Crippen LogP contribution in [0.15, 0.2) is 0 Å². The molecule has 0 aromatic rings. The van der Waals surface area contributed by atoms with Gasteiger partial charge in [0, 0.05) is 0 Å². The maximum atomic E-state index is 12.2. The molecule has 0 aromatic heterocycles. The first-order chi connectivity index (χ1) is 6.82. The summed E-state index contributed by atoms with van der Waals surface area (Å²) in [7, 11) is 3.94. The molecule has 92 valence electrons. The Labute approximate surface area is 104 Å². The number of nitrogens with zero attached hydrogens (tertiary/aromatic N) is 2. The van der Waals surface area contributed by atoms with Gasteiger partial charge in [0.15, 0.2) is 0 Å². The van der Waals surface area contributed by atoms with E-state index in [0.29, 0.717) is 6.04 Å². The predicted molar refractivity (Wildman–Crippen MR) is 60.5 cm³/mol. The van der Waals surface area contributed by atoms with Gasteiger partial charge in [-0.3, -0.25) is 0 Å². The molecule has 1 atom stereocenters. The SMILES string of the molecule is C[I-]C(C(=O)N(C)C(C)C)N(C)C(C)C. The van der Waals surface area contributed by atoms with Crippen LogP contribution < -0.4 is 21.2 Å². The van der Waals surface area contributed by atoms with Gasteiger partial charge in [-0.15, -0.1) is 0 Å². The summed E-state index contributed by atoms with van der Waals surface area (Å²) in [6.07, 6.45) is 0. The first kappa shape index (κ1) is 15.2. The first-order valence-electron chi connectivity index (χ1n) is 5.29. The van der Waals surface area contributed by atoms with Gasteiger partial charge in [0.05, 0.1) is 0 Å². The van der Waals surface area contributed by atoms with Crippen LogP contribution in [0.25, 0.3) is 0 Å². The van der Waals surface area contributed by atoms with Gasteiger partial charge < -0.3 is 0 Å². The molecule has 0 aliphatic rings. The molecule has 0 saturated carbocycles. The Kier molecular flexibility index (Phi) is 6.75. The third-order valence-corrected chi connectivity index (χ3v) is 5.30. The van der Waals surface area contributed by atoms with Crippen LogP contribution in [0.1, 0.15) is 27.7 Å². The Morgan fingerprint density at radius 1 is 1.07 bits per heavy atom. The summed E-state index contributed by atoms with van der Waals surface area (Å²) in [5.74, 6) is 0.275. The van der Waals surface area contributed by atoms with Gasteiger partial charge in [-0.1, -0.05) is 0 Å². The van der Waals surface area contributed by atoms with Crippen LogP contribution in [0.5, 0.6) is 0 Å². The van der Waals surface area contributed by atoms with Crippen LogP contribution in [-0.4, -0.2) is 50.9 Å². The van der Waals surface area contributed by atoms with Crippen LogP contribution in [0.2, 0.25) is 0 Å². The topological polar surface area (TPSA) is 23.6 Å². The summed E-state index contributed by atoms with van der Waals surface area (Å²) in [5, 5.41) is 0. The van der Waals surface area contributed by atoms with Crippen molar-refractivity contribution < 1.29 is 26.0 Å². The number of rotatable bonds is 5. The molecule has 0 aliphatic heterocycles. The van der Waals surface area contributed by atoms with Gasteiger partial charge >= 0.3 is 105 Å². The maximum absolute atomic E-state index is 12.2. The van der Waals surface area contributed by atoms with Crippen molar-refractivity contribution >= 4 is 5.91 Å². The normalized spacial score (nSPS) is 14.0. The Hall–Kier alpha value is 0.160. The van der Waals surface area contributed by atoms with E-state index >= 15 is 0 Å². The average molecular weight is 327 g/mol. The van der Waals surface area contributed by atoms with Crippen molar-refractivity contribution in [1.82, 2.24) is 9.80 Å². The zero-order chi connectivity index (χ0) is 12.2. The molecule has 1 unspecified atom stereocenters. The predicted octanol–water partition coefficient (Wildman–Crippen LogP) is -1.76. The molecular weight excluding hydrogens is 303 g/mol. The van der Waals surface area contributed by atoms with Crippen molar-refractivity contribution in [3.63, 3.8) is 0 Å². The molecule has 0 rings (SSSR count). The third kappa shape index (κ3) is 4.26. The van der Waals surface area contributed by atoms with Crippen molar-refractivity contribution in [2.24, 2.45) is 0 Å². The number of hydrogen-bond donors (Lipinski definition) is 0. The molecule has 0 aliphatic carbocycles. The molecular formula is C11H24IN2O-. The number of alkyl halides is 2. The van der Waals surface area contributed by atoms with Gasteiger partial charge in [0.25, 0.3) is 0 Å². The van der Waals surface area contributed by atoms with Gasteiger partial charge in [0.1, 0.15) is 0 Å². The molecule has 3 nitrogen and oxygen atoms in total. The monoisotopic (exact) mass is 327 g/mol. The van der Waals surface area contributed by atoms with E-state index < -0.39 is 0 Å². The zero-order valence-electron chi connectivity index (χ0n) is 10.9. The minimum atomic E-state index is -0.0970. The number of amides is 1. The van der Waals surface area contributed by atoms with Gasteiger partial charge in [-0.25, -0.2) is 0 Å². The second-order valence-corrected chi connectivity index (χ2v) is 6.78. The van der Waals surface area contributed by atoms with Crippen molar-refractivity contribution in [2.45, 2.75) is 43.8 Å². The summed E-state index contributed by atoms with van der Waals surface area (Å²) < 4.78 is 0.121. The number of likely N-dealkylation sites (N-methyl/N-ethyl adjacent to an activating group) is 2. The molecule has 0 heterocycles. The van der Waals surface area contributed by atoms with E-state index in [4.69, 9.17) is 0 Å². The second kappa shape index (κ2) is 6.68. The molecule has 0 radical (unpaired) electrons.